The lowest BCUT2D eigenvalue weighted by Crippen LogP contribution is -2.14. The Kier molecular flexibility index (Phi) is 4.90. The predicted octanol–water partition coefficient (Wildman–Crippen LogP) is 3.95. The van der Waals surface area contributed by atoms with Crippen LogP contribution in [0.5, 0.6) is 0 Å². The first-order valence-electron chi connectivity index (χ1n) is 8.10. The lowest BCUT2D eigenvalue weighted by Gasteiger charge is -2.09. The van der Waals surface area contributed by atoms with E-state index in [1.54, 1.807) is 36.4 Å². The van der Waals surface area contributed by atoms with E-state index in [4.69, 9.17) is 0 Å². The molecule has 26 heavy (non-hydrogen) atoms. The van der Waals surface area contributed by atoms with E-state index in [-0.39, 0.29) is 10.7 Å². The fraction of sp³-hybridized carbons (Fsp3) is 0.158. The van der Waals surface area contributed by atoms with Crippen molar-refractivity contribution >= 4 is 27.3 Å². The third kappa shape index (κ3) is 4.37. The average Bonchev–Trinajstić information content (AvgIpc) is 2.56. The second-order valence-corrected chi connectivity index (χ2v) is 7.91. The summed E-state index contributed by atoms with van der Waals surface area (Å²) in [5.74, 6) is 0.699. The van der Waals surface area contributed by atoms with Crippen molar-refractivity contribution in [3.8, 4) is 0 Å². The van der Waals surface area contributed by atoms with Crippen molar-refractivity contribution in [3.05, 3.63) is 71.3 Å². The number of nitrogens with one attached hydrogen (secondary N) is 2. The van der Waals surface area contributed by atoms with Crippen LogP contribution in [0.3, 0.4) is 0 Å². The number of hydrogen-bond donors (Lipinski definition) is 2. The summed E-state index contributed by atoms with van der Waals surface area (Å²) in [6, 6.07) is 15.9. The minimum absolute atomic E-state index is 0.163. The van der Waals surface area contributed by atoms with Crippen LogP contribution in [0.1, 0.15) is 16.7 Å². The highest BCUT2D eigenvalue weighted by Crippen LogP contribution is 2.19. The highest BCUT2D eigenvalue weighted by atomic mass is 32.2. The molecule has 0 atom stereocenters. The quantitative estimate of drug-likeness (QED) is 0.712. The van der Waals surface area contributed by atoms with Gasteiger partial charge in [-0.05, 0) is 68.3 Å². The number of anilines is 3. The Morgan fingerprint density at radius 1 is 0.731 bits per heavy atom. The van der Waals surface area contributed by atoms with Crippen LogP contribution in [0, 0.1) is 20.8 Å². The average molecular weight is 368 g/mol. The molecule has 0 saturated carbocycles. The van der Waals surface area contributed by atoms with E-state index >= 15 is 0 Å². The van der Waals surface area contributed by atoms with Gasteiger partial charge in [-0.3, -0.25) is 4.72 Å². The SMILES string of the molecule is Cc1ccc(S(=O)(=O)Nc2ccc(Nc3cc(C)cc(C)c3)nn2)cc1. The molecule has 3 rings (SSSR count). The molecule has 0 unspecified atom stereocenters. The molecule has 0 spiro atoms. The second kappa shape index (κ2) is 7.13. The van der Waals surface area contributed by atoms with Gasteiger partial charge in [-0.25, -0.2) is 8.42 Å². The van der Waals surface area contributed by atoms with Crippen LogP contribution in [0.25, 0.3) is 0 Å². The maximum Gasteiger partial charge on any atom is 0.263 e. The number of rotatable bonds is 5. The highest BCUT2D eigenvalue weighted by molar-refractivity contribution is 7.92. The summed E-state index contributed by atoms with van der Waals surface area (Å²) >= 11 is 0. The van der Waals surface area contributed by atoms with Crippen LogP contribution < -0.4 is 10.0 Å². The van der Waals surface area contributed by atoms with Crippen LogP contribution in [0.2, 0.25) is 0 Å². The Bertz CT molecular complexity index is 994. The summed E-state index contributed by atoms with van der Waals surface area (Å²) in [4.78, 5) is 0.183. The summed E-state index contributed by atoms with van der Waals surface area (Å²) in [5.41, 5.74) is 4.18. The topological polar surface area (TPSA) is 84.0 Å². The summed E-state index contributed by atoms with van der Waals surface area (Å²) in [6.07, 6.45) is 0. The minimum Gasteiger partial charge on any atom is -0.339 e. The zero-order valence-corrected chi connectivity index (χ0v) is 15.6. The van der Waals surface area contributed by atoms with E-state index in [2.05, 4.69) is 26.3 Å². The number of nitrogens with zero attached hydrogens (tertiary/aromatic N) is 2. The van der Waals surface area contributed by atoms with Crippen LogP contribution >= 0.6 is 0 Å². The summed E-state index contributed by atoms with van der Waals surface area (Å²) in [6.45, 7) is 5.94. The fourth-order valence-corrected chi connectivity index (χ4v) is 3.56. The van der Waals surface area contributed by atoms with Gasteiger partial charge in [-0.2, -0.15) is 0 Å². The maximum absolute atomic E-state index is 12.4. The van der Waals surface area contributed by atoms with Gasteiger partial charge in [0.1, 0.15) is 0 Å². The number of benzene rings is 2. The van der Waals surface area contributed by atoms with Gasteiger partial charge in [0, 0.05) is 5.69 Å². The smallest absolute Gasteiger partial charge is 0.263 e. The molecule has 6 nitrogen and oxygen atoms in total. The van der Waals surface area contributed by atoms with Crippen LogP contribution in [0.4, 0.5) is 17.3 Å². The molecule has 2 N–H and O–H groups in total. The molecule has 7 heteroatoms. The third-order valence-electron chi connectivity index (χ3n) is 3.73. The van der Waals surface area contributed by atoms with Crippen LogP contribution in [0.15, 0.2) is 59.5 Å². The minimum atomic E-state index is -3.69. The molecule has 0 aliphatic rings. The predicted molar refractivity (Wildman–Crippen MR) is 103 cm³/mol. The van der Waals surface area contributed by atoms with Crippen molar-refractivity contribution in [3.63, 3.8) is 0 Å². The van der Waals surface area contributed by atoms with Gasteiger partial charge in [0.25, 0.3) is 10.0 Å². The number of aromatic nitrogens is 2. The van der Waals surface area contributed by atoms with E-state index in [9.17, 15) is 8.42 Å². The number of hydrogen-bond acceptors (Lipinski definition) is 5. The van der Waals surface area contributed by atoms with Gasteiger partial charge in [0.2, 0.25) is 0 Å². The Morgan fingerprint density at radius 2 is 1.31 bits per heavy atom. The molecule has 2 aromatic carbocycles. The van der Waals surface area contributed by atoms with Gasteiger partial charge in [0.05, 0.1) is 4.90 Å². The van der Waals surface area contributed by atoms with Crippen LogP contribution in [-0.4, -0.2) is 18.6 Å². The van der Waals surface area contributed by atoms with Crippen molar-refractivity contribution in [2.75, 3.05) is 10.0 Å². The van der Waals surface area contributed by atoms with Crippen LogP contribution in [-0.2, 0) is 10.0 Å². The lowest BCUT2D eigenvalue weighted by atomic mass is 10.1. The second-order valence-electron chi connectivity index (χ2n) is 6.22. The van der Waals surface area contributed by atoms with Gasteiger partial charge >= 0.3 is 0 Å². The first-order chi connectivity index (χ1) is 12.3. The van der Waals surface area contributed by atoms with E-state index in [0.29, 0.717) is 5.82 Å². The number of aryl methyl sites for hydroxylation is 3. The normalized spacial score (nSPS) is 11.2. The Hall–Kier alpha value is -2.93. The first kappa shape index (κ1) is 17.9. The van der Waals surface area contributed by atoms with Gasteiger partial charge < -0.3 is 5.32 Å². The molecular formula is C19H20N4O2S. The number of sulfonamides is 1. The Labute approximate surface area is 153 Å². The van der Waals surface area contributed by atoms with E-state index in [0.717, 1.165) is 22.4 Å². The first-order valence-corrected chi connectivity index (χ1v) is 9.59. The molecule has 0 aliphatic carbocycles. The molecule has 0 amide bonds. The molecular weight excluding hydrogens is 348 g/mol. The molecule has 134 valence electrons. The monoisotopic (exact) mass is 368 g/mol. The zero-order valence-electron chi connectivity index (χ0n) is 14.8. The summed E-state index contributed by atoms with van der Waals surface area (Å²) < 4.78 is 27.2. The van der Waals surface area contributed by atoms with E-state index in [1.165, 1.54) is 0 Å². The van der Waals surface area contributed by atoms with Gasteiger partial charge in [-0.15, -0.1) is 10.2 Å². The van der Waals surface area contributed by atoms with Crippen molar-refractivity contribution < 1.29 is 8.42 Å². The molecule has 0 aliphatic heterocycles. The standard InChI is InChI=1S/C19H20N4O2S/c1-13-4-6-17(7-5-13)26(24,25)23-19-9-8-18(21-22-19)20-16-11-14(2)10-15(3)12-16/h4-12H,1-3H3,(H,20,21)(H,22,23). The Balaban J connectivity index is 1.74. The molecule has 0 fully saturated rings. The van der Waals surface area contributed by atoms with E-state index < -0.39 is 10.0 Å². The molecule has 0 bridgehead atoms. The summed E-state index contributed by atoms with van der Waals surface area (Å²) in [7, 11) is -3.69. The maximum atomic E-state index is 12.4. The fourth-order valence-electron chi connectivity index (χ4n) is 2.56. The largest absolute Gasteiger partial charge is 0.339 e. The van der Waals surface area contributed by atoms with Crippen molar-refractivity contribution in [2.45, 2.75) is 25.7 Å². The van der Waals surface area contributed by atoms with Crippen molar-refractivity contribution in [2.24, 2.45) is 0 Å². The Morgan fingerprint density at radius 3 is 1.88 bits per heavy atom. The molecule has 1 heterocycles. The molecule has 0 radical (unpaired) electrons. The van der Waals surface area contributed by atoms with Crippen molar-refractivity contribution in [1.82, 2.24) is 10.2 Å². The lowest BCUT2D eigenvalue weighted by molar-refractivity contribution is 0.601. The molecule has 1 aromatic heterocycles. The molecule has 0 saturated heterocycles. The van der Waals surface area contributed by atoms with Gasteiger partial charge in [0.15, 0.2) is 11.6 Å². The zero-order chi connectivity index (χ0) is 18.7. The van der Waals surface area contributed by atoms with Gasteiger partial charge in [-0.1, -0.05) is 23.8 Å². The van der Waals surface area contributed by atoms with Crippen molar-refractivity contribution in [1.29, 1.82) is 0 Å². The summed E-state index contributed by atoms with van der Waals surface area (Å²) in [5, 5.41) is 11.1. The van der Waals surface area contributed by atoms with E-state index in [1.807, 2.05) is 32.9 Å². The highest BCUT2D eigenvalue weighted by Gasteiger charge is 2.14. The third-order valence-corrected chi connectivity index (χ3v) is 5.10. The molecule has 3 aromatic rings.